The Morgan fingerprint density at radius 1 is 1.46 bits per heavy atom. The van der Waals surface area contributed by atoms with Gasteiger partial charge in [0.25, 0.3) is 0 Å². The molecule has 0 amide bonds. The summed E-state index contributed by atoms with van der Waals surface area (Å²) in [5, 5.41) is 19.0. The van der Waals surface area contributed by atoms with Crippen LogP contribution in [0, 0.1) is 0 Å². The van der Waals surface area contributed by atoms with Gasteiger partial charge in [-0.2, -0.15) is 24.4 Å². The van der Waals surface area contributed by atoms with Crippen molar-refractivity contribution in [1.29, 1.82) is 0 Å². The monoisotopic (exact) mass is 223 g/mol. The number of carboxylic acids is 1. The smallest absolute Gasteiger partial charge is 0.361 e. The number of nitrogens with zero attached hydrogens (tertiary/aromatic N) is 1. The molecule has 0 unspecified atom stereocenters. The van der Waals surface area contributed by atoms with E-state index in [0.717, 1.165) is 0 Å². The Kier molecular flexibility index (Phi) is 6.43. The lowest BCUT2D eigenvalue weighted by molar-refractivity contribution is -0.130. The molecule has 0 aliphatic rings. The van der Waals surface area contributed by atoms with Crippen LogP contribution < -0.4 is 0 Å². The fourth-order valence-corrected chi connectivity index (χ4v) is 1.50. The van der Waals surface area contributed by atoms with E-state index in [-0.39, 0.29) is 5.75 Å². The molecule has 0 aromatic carbocycles. The van der Waals surface area contributed by atoms with E-state index >= 15 is 0 Å². The average Bonchev–Trinajstić information content (AvgIpc) is 2.05. The summed E-state index contributed by atoms with van der Waals surface area (Å²) in [5.41, 5.74) is -0.827. The third kappa shape index (κ3) is 4.79. The van der Waals surface area contributed by atoms with Crippen LogP contribution in [0.15, 0.2) is 5.16 Å². The third-order valence-electron chi connectivity index (χ3n) is 1.04. The van der Waals surface area contributed by atoms with E-state index in [1.807, 2.05) is 0 Å². The van der Waals surface area contributed by atoms with E-state index < -0.39 is 17.5 Å². The molecule has 0 aliphatic carbocycles. The van der Waals surface area contributed by atoms with Gasteiger partial charge in [0.2, 0.25) is 11.5 Å². The molecule has 0 aromatic rings. The molecule has 0 rings (SSSR count). The minimum absolute atomic E-state index is 0.00769. The number of carbonyl (C=O) groups is 2. The second kappa shape index (κ2) is 6.79. The summed E-state index contributed by atoms with van der Waals surface area (Å²) < 4.78 is 0. The summed E-state index contributed by atoms with van der Waals surface area (Å²) in [4.78, 5) is 21.2. The van der Waals surface area contributed by atoms with Gasteiger partial charge >= 0.3 is 5.97 Å². The number of thiol groups is 1. The Balaban J connectivity index is 4.02. The Bertz CT molecular complexity index is 229. The largest absolute Gasteiger partial charge is 0.476 e. The van der Waals surface area contributed by atoms with Gasteiger partial charge in [0.05, 0.1) is 5.75 Å². The molecule has 0 heterocycles. The molecule has 0 fully saturated rings. The summed E-state index contributed by atoms with van der Waals surface area (Å²) in [6, 6.07) is 0. The summed E-state index contributed by atoms with van der Waals surface area (Å²) in [6.07, 6.45) is 0. The highest BCUT2D eigenvalue weighted by Crippen LogP contribution is 2.01. The number of carboxylic acid groups (broad SMARTS) is 1. The molecule has 2 N–H and O–H groups in total. The molecule has 0 atom stereocenters. The first kappa shape index (κ1) is 12.3. The van der Waals surface area contributed by atoms with Crippen molar-refractivity contribution >= 4 is 41.9 Å². The van der Waals surface area contributed by atoms with Crippen molar-refractivity contribution in [2.75, 3.05) is 17.3 Å². The summed E-state index contributed by atoms with van der Waals surface area (Å²) in [7, 11) is 0. The molecule has 0 saturated heterocycles. The number of hydrogen-bond acceptors (Lipinski definition) is 6. The van der Waals surface area contributed by atoms with E-state index in [9.17, 15) is 9.59 Å². The Morgan fingerprint density at radius 2 is 2.08 bits per heavy atom. The van der Waals surface area contributed by atoms with Gasteiger partial charge in [-0.15, -0.1) is 0 Å². The molecule has 0 radical (unpaired) electrons. The maximum Gasteiger partial charge on any atom is 0.361 e. The van der Waals surface area contributed by atoms with Crippen LogP contribution in [-0.4, -0.2) is 45.0 Å². The number of thioether (sulfide) groups is 1. The van der Waals surface area contributed by atoms with Gasteiger partial charge in [-0.25, -0.2) is 4.79 Å². The maximum absolute atomic E-state index is 11.0. The van der Waals surface area contributed by atoms with E-state index in [1.165, 1.54) is 11.8 Å². The van der Waals surface area contributed by atoms with Gasteiger partial charge in [0.15, 0.2) is 0 Å². The summed E-state index contributed by atoms with van der Waals surface area (Å²) in [6.45, 7) is 0. The number of hydrogen-bond donors (Lipinski definition) is 3. The lowest BCUT2D eigenvalue weighted by atomic mass is 10.3. The number of aliphatic carboxylic acids is 1. The molecule has 0 saturated carbocycles. The molecule has 0 bridgehead atoms. The standard InChI is InChI=1S/C6H9NO4S2/c8-4(3-13-2-1-12)5(7-11)6(9)10/h11-12H,1-3H2,(H,9,10)/b7-5-. The molecular weight excluding hydrogens is 214 g/mol. The zero-order valence-electron chi connectivity index (χ0n) is 6.63. The number of ketones is 1. The quantitative estimate of drug-likeness (QED) is 0.149. The predicted molar refractivity (Wildman–Crippen MR) is 53.0 cm³/mol. The van der Waals surface area contributed by atoms with Gasteiger partial charge in [-0.1, -0.05) is 5.16 Å². The lowest BCUT2D eigenvalue weighted by Gasteiger charge is -1.97. The Labute approximate surface area is 84.6 Å². The highest BCUT2D eigenvalue weighted by molar-refractivity contribution is 8.00. The van der Waals surface area contributed by atoms with E-state index in [1.54, 1.807) is 0 Å². The minimum atomic E-state index is -1.51. The number of Topliss-reactive ketones (excluding diaryl/α,β-unsaturated/α-hetero) is 1. The van der Waals surface area contributed by atoms with Crippen LogP contribution in [-0.2, 0) is 9.59 Å². The maximum atomic E-state index is 11.0. The molecule has 7 heteroatoms. The van der Waals surface area contributed by atoms with Crippen LogP contribution in [0.3, 0.4) is 0 Å². The predicted octanol–water partition coefficient (Wildman–Crippen LogP) is 0.133. The highest BCUT2D eigenvalue weighted by Gasteiger charge is 2.19. The topological polar surface area (TPSA) is 87.0 Å². The van der Waals surface area contributed by atoms with Crippen molar-refractivity contribution < 1.29 is 19.9 Å². The fraction of sp³-hybridized carbons (Fsp3) is 0.500. The van der Waals surface area contributed by atoms with E-state index in [0.29, 0.717) is 11.5 Å². The van der Waals surface area contributed by atoms with Crippen molar-refractivity contribution in [1.82, 2.24) is 0 Å². The minimum Gasteiger partial charge on any atom is -0.476 e. The molecule has 0 aromatic heterocycles. The first-order valence-corrected chi connectivity index (χ1v) is 5.09. The molecule has 13 heavy (non-hydrogen) atoms. The van der Waals surface area contributed by atoms with Crippen LogP contribution in [0.4, 0.5) is 0 Å². The van der Waals surface area contributed by atoms with Gasteiger partial charge in [0, 0.05) is 5.75 Å². The molecule has 5 nitrogen and oxygen atoms in total. The zero-order chi connectivity index (χ0) is 10.3. The van der Waals surface area contributed by atoms with Crippen molar-refractivity contribution in [2.24, 2.45) is 5.16 Å². The second-order valence-corrected chi connectivity index (χ2v) is 3.51. The zero-order valence-corrected chi connectivity index (χ0v) is 8.35. The van der Waals surface area contributed by atoms with Crippen molar-refractivity contribution in [2.45, 2.75) is 0 Å². The normalized spacial score (nSPS) is 11.3. The molecule has 74 valence electrons. The van der Waals surface area contributed by atoms with E-state index in [2.05, 4.69) is 17.8 Å². The summed E-state index contributed by atoms with van der Waals surface area (Å²) >= 11 is 5.15. The first-order valence-electron chi connectivity index (χ1n) is 3.30. The summed E-state index contributed by atoms with van der Waals surface area (Å²) in [5.74, 6) is -0.962. The molecule has 0 spiro atoms. The lowest BCUT2D eigenvalue weighted by Crippen LogP contribution is -2.25. The van der Waals surface area contributed by atoms with Crippen LogP contribution in [0.25, 0.3) is 0 Å². The van der Waals surface area contributed by atoms with Crippen LogP contribution in [0.2, 0.25) is 0 Å². The molecular formula is C6H9NO4S2. The Hall–Kier alpha value is -0.690. The second-order valence-electron chi connectivity index (χ2n) is 1.95. The van der Waals surface area contributed by atoms with Gasteiger partial charge in [-0.05, 0) is 5.75 Å². The first-order chi connectivity index (χ1) is 6.13. The van der Waals surface area contributed by atoms with Crippen molar-refractivity contribution in [3.63, 3.8) is 0 Å². The molecule has 0 aliphatic heterocycles. The SMILES string of the molecule is O=C(O)/C(=N\O)C(=O)CSCCS. The van der Waals surface area contributed by atoms with Crippen LogP contribution in [0.1, 0.15) is 0 Å². The van der Waals surface area contributed by atoms with Crippen molar-refractivity contribution in [3.8, 4) is 0 Å². The van der Waals surface area contributed by atoms with Gasteiger partial charge < -0.3 is 10.3 Å². The van der Waals surface area contributed by atoms with Crippen LogP contribution in [0.5, 0.6) is 0 Å². The highest BCUT2D eigenvalue weighted by atomic mass is 32.2. The van der Waals surface area contributed by atoms with E-state index in [4.69, 9.17) is 10.3 Å². The number of rotatable bonds is 6. The third-order valence-corrected chi connectivity index (χ3v) is 2.52. The number of carbonyl (C=O) groups excluding carboxylic acids is 1. The number of oxime groups is 1. The van der Waals surface area contributed by atoms with Crippen molar-refractivity contribution in [3.05, 3.63) is 0 Å². The average molecular weight is 223 g/mol. The fourth-order valence-electron chi connectivity index (χ4n) is 0.516. The Morgan fingerprint density at radius 3 is 2.46 bits per heavy atom. The van der Waals surface area contributed by atoms with Crippen LogP contribution >= 0.6 is 24.4 Å². The van der Waals surface area contributed by atoms with Gasteiger partial charge in [-0.3, -0.25) is 4.79 Å². The van der Waals surface area contributed by atoms with Gasteiger partial charge in [0.1, 0.15) is 0 Å².